The molecule has 0 aromatic carbocycles. The highest BCUT2D eigenvalue weighted by Crippen LogP contribution is 1.90. The fraction of sp³-hybridized carbons (Fsp3) is 0. The smallest absolute Gasteiger partial charge is 0.211 e. The summed E-state index contributed by atoms with van der Waals surface area (Å²) in [6.45, 7) is 0. The van der Waals surface area contributed by atoms with Crippen molar-refractivity contribution in [3.8, 4) is 0 Å². The first kappa shape index (κ1) is 8.67. The van der Waals surface area contributed by atoms with Gasteiger partial charge in [-0.1, -0.05) is 6.07 Å². The Morgan fingerprint density at radius 3 is 1.33 bits per heavy atom. The molecule has 0 radical (unpaired) electrons. The van der Waals surface area contributed by atoms with Gasteiger partial charge >= 0.3 is 0 Å². The summed E-state index contributed by atoms with van der Waals surface area (Å²) < 4.78 is 0. The van der Waals surface area contributed by atoms with Crippen LogP contribution in [0.4, 0.5) is 0 Å². The predicted molar refractivity (Wildman–Crippen MR) is 48.6 cm³/mol. The molecule has 0 spiro atoms. The zero-order chi connectivity index (χ0) is 8.49. The molecule has 0 fully saturated rings. The molecule has 0 unspecified atom stereocenters. The highest BCUT2D eigenvalue weighted by Gasteiger charge is 1.74. The predicted octanol–water partition coefficient (Wildman–Crippen LogP) is 1.90. The fourth-order valence-corrected chi connectivity index (χ4v) is 0.949. The van der Waals surface area contributed by atoms with Crippen molar-refractivity contribution in [2.75, 3.05) is 0 Å². The summed E-state index contributed by atoms with van der Waals surface area (Å²) in [7, 11) is 0. The standard InChI is InChI=1S/C5H5S.C3H3N3/c1-2-4-6-5-3-1;1-4-2-6-3-5-1/h1-5H;1-3H/q+1;. The van der Waals surface area contributed by atoms with Crippen LogP contribution in [0.2, 0.25) is 0 Å². The van der Waals surface area contributed by atoms with E-state index in [1.54, 1.807) is 11.3 Å². The molecule has 0 aliphatic heterocycles. The second kappa shape index (κ2) is 6.30. The molecule has 0 aliphatic carbocycles. The molecule has 0 saturated heterocycles. The third-order valence-electron chi connectivity index (χ3n) is 0.936. The molecular formula is C8H8N3S+. The van der Waals surface area contributed by atoms with Crippen LogP contribution < -0.4 is 0 Å². The lowest BCUT2D eigenvalue weighted by molar-refractivity contribution is 1.05. The lowest BCUT2D eigenvalue weighted by Crippen LogP contribution is -1.73. The van der Waals surface area contributed by atoms with E-state index in [4.69, 9.17) is 0 Å². The SMILES string of the molecule is c1cc[s+]cc1.c1ncncn1. The molecule has 60 valence electrons. The molecule has 2 aromatic heterocycles. The maximum atomic E-state index is 3.56. The van der Waals surface area contributed by atoms with E-state index >= 15 is 0 Å². The topological polar surface area (TPSA) is 38.7 Å². The van der Waals surface area contributed by atoms with Crippen LogP contribution in [0.3, 0.4) is 0 Å². The Hall–Kier alpha value is -1.42. The maximum absolute atomic E-state index is 3.56. The maximum Gasteiger partial charge on any atom is 0.211 e. The molecule has 0 bridgehead atoms. The molecule has 4 heteroatoms. The van der Waals surface area contributed by atoms with Gasteiger partial charge in [0.15, 0.2) is 10.8 Å². The van der Waals surface area contributed by atoms with Crippen molar-refractivity contribution < 1.29 is 0 Å². The summed E-state index contributed by atoms with van der Waals surface area (Å²) >= 11 is 1.70. The van der Waals surface area contributed by atoms with Gasteiger partial charge in [-0.15, -0.1) is 0 Å². The Morgan fingerprint density at radius 2 is 1.17 bits per heavy atom. The Balaban J connectivity index is 0.000000120. The average molecular weight is 178 g/mol. The summed E-state index contributed by atoms with van der Waals surface area (Å²) in [5.41, 5.74) is 0. The second-order valence-corrected chi connectivity index (χ2v) is 2.60. The highest BCUT2D eigenvalue weighted by atomic mass is 32.1. The van der Waals surface area contributed by atoms with Gasteiger partial charge in [0.25, 0.3) is 0 Å². The van der Waals surface area contributed by atoms with Crippen molar-refractivity contribution in [3.63, 3.8) is 0 Å². The molecule has 2 rings (SSSR count). The average Bonchev–Trinajstić information content (AvgIpc) is 2.24. The molecule has 0 atom stereocenters. The van der Waals surface area contributed by atoms with Crippen molar-refractivity contribution in [1.29, 1.82) is 0 Å². The van der Waals surface area contributed by atoms with Crippen molar-refractivity contribution in [2.24, 2.45) is 0 Å². The van der Waals surface area contributed by atoms with Crippen LogP contribution in [0.25, 0.3) is 0 Å². The van der Waals surface area contributed by atoms with Crippen LogP contribution in [0, 0.1) is 0 Å². The van der Waals surface area contributed by atoms with Gasteiger partial charge in [-0.05, 0) is 12.1 Å². The first-order valence-electron chi connectivity index (χ1n) is 3.35. The van der Waals surface area contributed by atoms with E-state index in [0.29, 0.717) is 0 Å². The molecule has 12 heavy (non-hydrogen) atoms. The molecule has 2 aromatic rings. The van der Waals surface area contributed by atoms with Gasteiger partial charge in [0, 0.05) is 0 Å². The van der Waals surface area contributed by atoms with Gasteiger partial charge in [-0.25, -0.2) is 15.0 Å². The van der Waals surface area contributed by atoms with Crippen molar-refractivity contribution in [2.45, 2.75) is 0 Å². The first-order chi connectivity index (χ1) is 6.00. The Morgan fingerprint density at radius 1 is 0.667 bits per heavy atom. The van der Waals surface area contributed by atoms with Crippen LogP contribution in [0.15, 0.2) is 47.9 Å². The molecule has 2 heterocycles. The fourth-order valence-electron chi connectivity index (χ4n) is 0.496. The van der Waals surface area contributed by atoms with Crippen molar-refractivity contribution in [3.05, 3.63) is 47.9 Å². The molecule has 0 N–H and O–H groups in total. The van der Waals surface area contributed by atoms with E-state index in [0.717, 1.165) is 0 Å². The van der Waals surface area contributed by atoms with E-state index in [1.807, 2.05) is 29.0 Å². The first-order valence-corrected chi connectivity index (χ1v) is 4.30. The molecule has 0 aliphatic rings. The van der Waals surface area contributed by atoms with Gasteiger partial charge in [0.1, 0.15) is 19.0 Å². The van der Waals surface area contributed by atoms with E-state index in [-0.39, 0.29) is 0 Å². The van der Waals surface area contributed by atoms with E-state index in [9.17, 15) is 0 Å². The molecule has 0 saturated carbocycles. The highest BCUT2D eigenvalue weighted by molar-refractivity contribution is 7.07. The molecule has 3 nitrogen and oxygen atoms in total. The summed E-state index contributed by atoms with van der Waals surface area (Å²) in [6.07, 6.45) is 4.31. The second-order valence-electron chi connectivity index (χ2n) is 1.78. The Labute approximate surface area is 74.8 Å². The van der Waals surface area contributed by atoms with Crippen LogP contribution in [-0.2, 0) is 0 Å². The number of aromatic nitrogens is 3. The summed E-state index contributed by atoms with van der Waals surface area (Å²) in [5, 5.41) is 4.08. The minimum absolute atomic E-state index is 1.44. The summed E-state index contributed by atoms with van der Waals surface area (Å²) in [6, 6.07) is 6.05. The monoisotopic (exact) mass is 178 g/mol. The summed E-state index contributed by atoms with van der Waals surface area (Å²) in [4.78, 5) is 10.7. The molecule has 0 amide bonds. The minimum atomic E-state index is 1.44. The van der Waals surface area contributed by atoms with Gasteiger partial charge in [-0.2, -0.15) is 0 Å². The molecular weight excluding hydrogens is 170 g/mol. The van der Waals surface area contributed by atoms with Crippen LogP contribution in [0.5, 0.6) is 0 Å². The largest absolute Gasteiger partial charge is 0.225 e. The van der Waals surface area contributed by atoms with E-state index < -0.39 is 0 Å². The number of nitrogens with zero attached hydrogens (tertiary/aromatic N) is 3. The Kier molecular flexibility index (Phi) is 4.55. The third kappa shape index (κ3) is 4.40. The lowest BCUT2D eigenvalue weighted by Gasteiger charge is -1.69. The van der Waals surface area contributed by atoms with Crippen LogP contribution in [-0.4, -0.2) is 15.0 Å². The number of rotatable bonds is 0. The normalized spacial score (nSPS) is 8.00. The van der Waals surface area contributed by atoms with Crippen LogP contribution in [0.1, 0.15) is 0 Å². The van der Waals surface area contributed by atoms with Gasteiger partial charge in [0.05, 0.1) is 0 Å². The van der Waals surface area contributed by atoms with Crippen molar-refractivity contribution >= 4 is 11.3 Å². The third-order valence-corrected chi connectivity index (χ3v) is 1.57. The van der Waals surface area contributed by atoms with E-state index in [2.05, 4.69) is 15.0 Å². The number of hydrogen-bond donors (Lipinski definition) is 0. The van der Waals surface area contributed by atoms with Gasteiger partial charge in [0.2, 0.25) is 11.3 Å². The minimum Gasteiger partial charge on any atom is -0.225 e. The van der Waals surface area contributed by atoms with Gasteiger partial charge < -0.3 is 0 Å². The van der Waals surface area contributed by atoms with E-state index in [1.165, 1.54) is 19.0 Å². The van der Waals surface area contributed by atoms with Gasteiger partial charge in [-0.3, -0.25) is 0 Å². The zero-order valence-corrected chi connectivity index (χ0v) is 7.19. The van der Waals surface area contributed by atoms with Crippen LogP contribution >= 0.6 is 11.3 Å². The van der Waals surface area contributed by atoms with Crippen molar-refractivity contribution in [1.82, 2.24) is 15.0 Å². The summed E-state index contributed by atoms with van der Waals surface area (Å²) in [5.74, 6) is 0. The Bertz CT molecular complexity index is 190. The zero-order valence-electron chi connectivity index (χ0n) is 6.37. The quantitative estimate of drug-likeness (QED) is 0.578. The lowest BCUT2D eigenvalue weighted by atomic mass is 10.6. The number of hydrogen-bond acceptors (Lipinski definition) is 3.